The second-order valence-electron chi connectivity index (χ2n) is 8.03. The Balaban J connectivity index is 0.000000892. The molecular weight excluding hydrogens is 364 g/mol. The molecule has 158 valence electrons. The van der Waals surface area contributed by atoms with E-state index in [1.54, 1.807) is 12.1 Å². The van der Waals surface area contributed by atoms with Crippen LogP contribution in [0.4, 0.5) is 11.4 Å². The molecule has 0 spiro atoms. The van der Waals surface area contributed by atoms with Crippen molar-refractivity contribution in [3.63, 3.8) is 0 Å². The normalized spacial score (nSPS) is 16.5. The Labute approximate surface area is 166 Å². The lowest BCUT2D eigenvalue weighted by Gasteiger charge is -2.30. The van der Waals surface area contributed by atoms with Crippen LogP contribution in [0.25, 0.3) is 0 Å². The largest absolute Gasteiger partial charge is 0.550 e. The molecule has 0 radical (unpaired) electrons. The summed E-state index contributed by atoms with van der Waals surface area (Å²) < 4.78 is 0.754. The fraction of sp³-hybridized carbons (Fsp3) is 0.632. The van der Waals surface area contributed by atoms with E-state index in [0.29, 0.717) is 6.54 Å². The molecule has 1 aromatic carbocycles. The number of rotatable bonds is 6. The second kappa shape index (κ2) is 10.9. The Kier molecular flexibility index (Phi) is 9.30. The zero-order valence-corrected chi connectivity index (χ0v) is 17.2. The Bertz CT molecular complexity index is 626. The van der Waals surface area contributed by atoms with Gasteiger partial charge in [0, 0.05) is 50.0 Å². The molecule has 9 nitrogen and oxygen atoms in total. The molecule has 0 amide bonds. The van der Waals surface area contributed by atoms with E-state index in [4.69, 9.17) is 9.90 Å². The number of nitro benzene ring substituents is 1. The van der Waals surface area contributed by atoms with Crippen LogP contribution in [0.15, 0.2) is 24.3 Å². The van der Waals surface area contributed by atoms with E-state index in [-0.39, 0.29) is 16.7 Å². The van der Waals surface area contributed by atoms with Crippen LogP contribution in [0.1, 0.15) is 13.3 Å². The monoisotopic (exact) mass is 396 g/mol. The number of aliphatic carboxylic acids is 1. The number of hydrogen-bond donors (Lipinski definition) is 1. The van der Waals surface area contributed by atoms with Gasteiger partial charge in [-0.15, -0.1) is 0 Å². The van der Waals surface area contributed by atoms with E-state index in [1.165, 1.54) is 0 Å². The summed E-state index contributed by atoms with van der Waals surface area (Å²) in [5, 5.41) is 29.9. The predicted octanol–water partition coefficient (Wildman–Crippen LogP) is -0.0698. The molecular formula is C19H32N4O5. The highest BCUT2D eigenvalue weighted by Gasteiger charge is 2.21. The van der Waals surface area contributed by atoms with Gasteiger partial charge in [0.25, 0.3) is 5.69 Å². The molecule has 1 aliphatic heterocycles. The van der Waals surface area contributed by atoms with Crippen molar-refractivity contribution >= 4 is 17.3 Å². The van der Waals surface area contributed by atoms with Gasteiger partial charge in [-0.25, -0.2) is 0 Å². The number of anilines is 1. The van der Waals surface area contributed by atoms with Gasteiger partial charge in [0.2, 0.25) is 0 Å². The Morgan fingerprint density at radius 3 is 2.25 bits per heavy atom. The van der Waals surface area contributed by atoms with Crippen molar-refractivity contribution in [1.82, 2.24) is 4.90 Å². The number of carbonyl (C=O) groups excluding carboxylic acids is 1. The molecule has 0 saturated carbocycles. The summed E-state index contributed by atoms with van der Waals surface area (Å²) in [7, 11) is 6.26. The van der Waals surface area contributed by atoms with Crippen LogP contribution < -0.4 is 10.0 Å². The maximum Gasteiger partial charge on any atom is 0.269 e. The number of carboxylic acid groups (broad SMARTS) is 1. The third-order valence-electron chi connectivity index (χ3n) is 4.24. The lowest BCUT2D eigenvalue weighted by atomic mass is 10.2. The molecule has 1 unspecified atom stereocenters. The molecule has 1 heterocycles. The van der Waals surface area contributed by atoms with Crippen molar-refractivity contribution in [2.24, 2.45) is 0 Å². The molecule has 1 fully saturated rings. The first-order valence-electron chi connectivity index (χ1n) is 9.36. The van der Waals surface area contributed by atoms with Crippen molar-refractivity contribution in [2.45, 2.75) is 19.4 Å². The van der Waals surface area contributed by atoms with E-state index < -0.39 is 5.97 Å². The molecule has 1 saturated heterocycles. The first kappa shape index (κ1) is 23.8. The van der Waals surface area contributed by atoms with E-state index in [0.717, 1.165) is 56.2 Å². The van der Waals surface area contributed by atoms with Gasteiger partial charge in [-0.1, -0.05) is 0 Å². The minimum absolute atomic E-state index is 0.124. The number of non-ortho nitro benzene ring substituents is 1. The summed E-state index contributed by atoms with van der Waals surface area (Å²) in [5.41, 5.74) is 1.15. The number of nitrogens with zero attached hydrogens (tertiary/aromatic N) is 4. The first-order valence-corrected chi connectivity index (χ1v) is 9.36. The summed E-state index contributed by atoms with van der Waals surface area (Å²) in [5.74, 6) is -1.08. The topological polar surface area (TPSA) is 110 Å². The molecule has 0 aromatic heterocycles. The van der Waals surface area contributed by atoms with Crippen molar-refractivity contribution in [3.05, 3.63) is 34.4 Å². The highest BCUT2D eigenvalue weighted by atomic mass is 16.6. The molecule has 9 heteroatoms. The number of benzene rings is 1. The quantitative estimate of drug-likeness (QED) is 0.407. The van der Waals surface area contributed by atoms with Gasteiger partial charge in [-0.05, 0) is 32.0 Å². The van der Waals surface area contributed by atoms with E-state index in [9.17, 15) is 15.2 Å². The molecule has 1 aliphatic rings. The number of likely N-dealkylation sites (N-methyl/N-ethyl adjacent to an activating group) is 1. The van der Waals surface area contributed by atoms with Gasteiger partial charge in [-0.2, -0.15) is 0 Å². The van der Waals surface area contributed by atoms with Gasteiger partial charge in [0.05, 0.1) is 26.1 Å². The summed E-state index contributed by atoms with van der Waals surface area (Å²) >= 11 is 0. The molecule has 28 heavy (non-hydrogen) atoms. The number of quaternary nitrogens is 1. The van der Waals surface area contributed by atoms with E-state index in [1.807, 2.05) is 12.1 Å². The Hall–Kier alpha value is -2.23. The van der Waals surface area contributed by atoms with Crippen LogP contribution in [-0.2, 0) is 4.79 Å². The number of carbonyl (C=O) groups is 1. The molecule has 1 N–H and O–H groups in total. The van der Waals surface area contributed by atoms with Crippen molar-refractivity contribution in [3.8, 4) is 0 Å². The zero-order chi connectivity index (χ0) is 21.3. The van der Waals surface area contributed by atoms with Crippen LogP contribution in [-0.4, -0.2) is 91.9 Å². The highest BCUT2D eigenvalue weighted by Crippen LogP contribution is 2.20. The Morgan fingerprint density at radius 2 is 1.75 bits per heavy atom. The summed E-state index contributed by atoms with van der Waals surface area (Å²) in [4.78, 5) is 23.8. The fourth-order valence-corrected chi connectivity index (χ4v) is 3.18. The average Bonchev–Trinajstić information content (AvgIpc) is 2.78. The minimum atomic E-state index is -1.08. The summed E-state index contributed by atoms with van der Waals surface area (Å²) in [6.07, 6.45) is 0.699. The maximum atomic E-state index is 10.7. The second-order valence-corrected chi connectivity index (χ2v) is 8.03. The zero-order valence-electron chi connectivity index (χ0n) is 17.2. The van der Waals surface area contributed by atoms with E-state index >= 15 is 0 Å². The van der Waals surface area contributed by atoms with Crippen LogP contribution >= 0.6 is 0 Å². The lowest BCUT2D eigenvalue weighted by molar-refractivity contribution is -0.873. The van der Waals surface area contributed by atoms with Crippen LogP contribution in [0.5, 0.6) is 0 Å². The van der Waals surface area contributed by atoms with Crippen LogP contribution in [0.2, 0.25) is 0 Å². The van der Waals surface area contributed by atoms with Crippen LogP contribution in [0, 0.1) is 10.1 Å². The summed E-state index contributed by atoms with van der Waals surface area (Å²) in [6.45, 7) is 6.07. The number of carboxylic acids is 1. The number of aliphatic hydroxyl groups is 1. The van der Waals surface area contributed by atoms with Crippen molar-refractivity contribution in [2.75, 3.05) is 65.3 Å². The Morgan fingerprint density at radius 1 is 1.18 bits per heavy atom. The molecule has 0 aliphatic carbocycles. The number of nitro groups is 1. The van der Waals surface area contributed by atoms with Crippen molar-refractivity contribution in [1.29, 1.82) is 0 Å². The van der Waals surface area contributed by atoms with Gasteiger partial charge < -0.3 is 24.4 Å². The SMILES string of the molecule is CC(=O)[O-].C[N+](C)(C)CC(O)CN1CCCN(c2ccc([N+](=O)[O-])cc2)CC1. The maximum absolute atomic E-state index is 10.7. The smallest absolute Gasteiger partial charge is 0.269 e. The van der Waals surface area contributed by atoms with Gasteiger partial charge in [0.15, 0.2) is 0 Å². The minimum Gasteiger partial charge on any atom is -0.550 e. The van der Waals surface area contributed by atoms with Gasteiger partial charge >= 0.3 is 0 Å². The number of β-amino-alcohol motifs (C(OH)–C–C–N with tert-alkyl or cyclic N) is 1. The molecule has 1 aromatic rings. The summed E-state index contributed by atoms with van der Waals surface area (Å²) in [6, 6.07) is 6.76. The first-order chi connectivity index (χ1) is 13.0. The third kappa shape index (κ3) is 9.63. The van der Waals surface area contributed by atoms with Gasteiger partial charge in [0.1, 0.15) is 12.6 Å². The highest BCUT2D eigenvalue weighted by molar-refractivity contribution is 5.60. The number of hydrogen-bond acceptors (Lipinski definition) is 7. The molecule has 1 atom stereocenters. The molecule has 2 rings (SSSR count). The lowest BCUT2D eigenvalue weighted by Crippen LogP contribution is -2.46. The third-order valence-corrected chi connectivity index (χ3v) is 4.24. The average molecular weight is 396 g/mol. The fourth-order valence-electron chi connectivity index (χ4n) is 3.18. The number of aliphatic hydroxyl groups excluding tert-OH is 1. The van der Waals surface area contributed by atoms with Gasteiger partial charge in [-0.3, -0.25) is 15.0 Å². The molecule has 0 bridgehead atoms. The standard InChI is InChI=1S/C17H29N4O3.C2H4O2/c1-21(2,3)14-17(22)13-18-9-4-10-19(12-11-18)15-5-7-16(8-6-15)20(23)24;1-2(3)4/h5-8,17,22H,4,9-14H2,1-3H3;1H3,(H,3,4)/q+1;/p-1. The van der Waals surface area contributed by atoms with Crippen molar-refractivity contribution < 1.29 is 24.4 Å². The predicted molar refractivity (Wildman–Crippen MR) is 106 cm³/mol. The van der Waals surface area contributed by atoms with E-state index in [2.05, 4.69) is 30.9 Å². The van der Waals surface area contributed by atoms with Crippen LogP contribution in [0.3, 0.4) is 0 Å².